The number of benzene rings is 6. The molecule has 2 heteroatoms. The third-order valence-corrected chi connectivity index (χ3v) is 7.91. The number of hydrogen-bond donors (Lipinski definition) is 0. The number of nitrogens with zero attached hydrogens (tertiary/aromatic N) is 2. The summed E-state index contributed by atoms with van der Waals surface area (Å²) < 4.78 is 0. The second kappa shape index (κ2) is 9.14. The maximum atomic E-state index is 5.16. The Morgan fingerprint density at radius 3 is 1.95 bits per heavy atom. The number of fused-ring (bicyclic) bond motifs is 6. The molecule has 0 saturated heterocycles. The highest BCUT2D eigenvalue weighted by atomic mass is 14.7. The minimum absolute atomic E-state index is 0.979. The van der Waals surface area contributed by atoms with Gasteiger partial charge in [0.15, 0.2) is 0 Å². The summed E-state index contributed by atoms with van der Waals surface area (Å²) in [5, 5.41) is 8.56. The quantitative estimate of drug-likeness (QED) is 0.222. The Balaban J connectivity index is 1.25. The number of rotatable bonds is 3. The first-order chi connectivity index (χ1) is 19.8. The second-order valence-electron chi connectivity index (χ2n) is 10.2. The molecule has 0 atom stereocenters. The van der Waals surface area contributed by atoms with Crippen molar-refractivity contribution in [2.24, 2.45) is 0 Å². The molecule has 0 N–H and O–H groups in total. The van der Waals surface area contributed by atoms with Gasteiger partial charge in [-0.15, -0.1) is 0 Å². The van der Waals surface area contributed by atoms with Gasteiger partial charge in [0.05, 0.1) is 16.9 Å². The van der Waals surface area contributed by atoms with Crippen LogP contribution in [0.1, 0.15) is 0 Å². The van der Waals surface area contributed by atoms with Gasteiger partial charge in [-0.1, -0.05) is 121 Å². The molecule has 0 bridgehead atoms. The smallest absolute Gasteiger partial charge is 0.0788 e. The van der Waals surface area contributed by atoms with E-state index in [0.29, 0.717) is 0 Å². The molecule has 6 aromatic carbocycles. The molecule has 0 spiro atoms. The lowest BCUT2D eigenvalue weighted by atomic mass is 9.94. The van der Waals surface area contributed by atoms with E-state index in [1.807, 2.05) is 6.20 Å². The van der Waals surface area contributed by atoms with Crippen LogP contribution in [0.25, 0.3) is 76.9 Å². The van der Waals surface area contributed by atoms with Crippen molar-refractivity contribution in [3.8, 4) is 33.6 Å². The zero-order valence-electron chi connectivity index (χ0n) is 21.8. The Bertz CT molecular complexity index is 2190. The lowest BCUT2D eigenvalue weighted by Gasteiger charge is -2.13. The largest absolute Gasteiger partial charge is 0.256 e. The molecule has 0 amide bonds. The molecule has 0 aliphatic rings. The summed E-state index contributed by atoms with van der Waals surface area (Å²) in [6.45, 7) is 0. The van der Waals surface area contributed by atoms with E-state index in [2.05, 4.69) is 140 Å². The number of para-hydroxylation sites is 1. The molecule has 0 aliphatic carbocycles. The van der Waals surface area contributed by atoms with Gasteiger partial charge in [-0.05, 0) is 50.9 Å². The SMILES string of the molecule is c1ccc2c(-c3cc(-c4ccc(-c5nc6ccccc6c6c5ccc5ccccc56)cc4)ccn3)cccc2c1. The Morgan fingerprint density at radius 1 is 0.425 bits per heavy atom. The van der Waals surface area contributed by atoms with Crippen molar-refractivity contribution in [3.05, 3.63) is 146 Å². The minimum atomic E-state index is 0.979. The first kappa shape index (κ1) is 22.6. The zero-order chi connectivity index (χ0) is 26.5. The summed E-state index contributed by atoms with van der Waals surface area (Å²) in [7, 11) is 0. The van der Waals surface area contributed by atoms with Gasteiger partial charge in [0, 0.05) is 33.5 Å². The van der Waals surface area contributed by atoms with Crippen LogP contribution in [0.15, 0.2) is 146 Å². The van der Waals surface area contributed by atoms with Crippen molar-refractivity contribution in [1.82, 2.24) is 9.97 Å². The Hall–Kier alpha value is -5.34. The van der Waals surface area contributed by atoms with Crippen LogP contribution in [0.3, 0.4) is 0 Å². The molecule has 0 aliphatic heterocycles. The molecular weight excluding hydrogens is 484 g/mol. The standard InChI is InChI=1S/C38H24N2/c1-3-11-30-26(8-1)10-7-14-32(30)36-24-29(22-23-39-36)25-16-18-28(19-17-25)38-34-21-20-27-9-2-4-12-31(27)37(34)33-13-5-6-15-35(33)40-38/h1-24H. The molecule has 0 unspecified atom stereocenters. The molecule has 2 aromatic heterocycles. The molecule has 0 radical (unpaired) electrons. The van der Waals surface area contributed by atoms with Crippen LogP contribution >= 0.6 is 0 Å². The second-order valence-corrected chi connectivity index (χ2v) is 10.2. The molecule has 8 rings (SSSR count). The molecular formula is C38H24N2. The highest BCUT2D eigenvalue weighted by molar-refractivity contribution is 6.22. The van der Waals surface area contributed by atoms with Crippen LogP contribution < -0.4 is 0 Å². The lowest BCUT2D eigenvalue weighted by molar-refractivity contribution is 1.33. The van der Waals surface area contributed by atoms with Gasteiger partial charge < -0.3 is 0 Å². The van der Waals surface area contributed by atoms with E-state index in [-0.39, 0.29) is 0 Å². The van der Waals surface area contributed by atoms with Gasteiger partial charge in [-0.3, -0.25) is 4.98 Å². The van der Waals surface area contributed by atoms with E-state index in [1.165, 1.54) is 37.7 Å². The highest BCUT2D eigenvalue weighted by Crippen LogP contribution is 2.37. The van der Waals surface area contributed by atoms with Gasteiger partial charge in [-0.25, -0.2) is 4.98 Å². The number of pyridine rings is 2. The predicted octanol–water partition coefficient (Wildman–Crippen LogP) is 10.1. The monoisotopic (exact) mass is 508 g/mol. The molecule has 40 heavy (non-hydrogen) atoms. The summed E-state index contributed by atoms with van der Waals surface area (Å²) >= 11 is 0. The fourth-order valence-electron chi connectivity index (χ4n) is 5.97. The van der Waals surface area contributed by atoms with Crippen molar-refractivity contribution < 1.29 is 0 Å². The summed E-state index contributed by atoms with van der Waals surface area (Å²) in [5.41, 5.74) is 7.56. The molecule has 186 valence electrons. The van der Waals surface area contributed by atoms with Gasteiger partial charge in [0.1, 0.15) is 0 Å². The van der Waals surface area contributed by atoms with Crippen molar-refractivity contribution in [3.63, 3.8) is 0 Å². The van der Waals surface area contributed by atoms with Crippen LogP contribution in [-0.2, 0) is 0 Å². The Labute approximate surface area is 232 Å². The zero-order valence-corrected chi connectivity index (χ0v) is 21.8. The van der Waals surface area contributed by atoms with Crippen LogP contribution in [0.5, 0.6) is 0 Å². The number of aromatic nitrogens is 2. The first-order valence-electron chi connectivity index (χ1n) is 13.6. The van der Waals surface area contributed by atoms with E-state index in [4.69, 9.17) is 9.97 Å². The summed E-state index contributed by atoms with van der Waals surface area (Å²) in [6.07, 6.45) is 1.91. The topological polar surface area (TPSA) is 25.8 Å². The van der Waals surface area contributed by atoms with E-state index in [9.17, 15) is 0 Å². The van der Waals surface area contributed by atoms with Crippen molar-refractivity contribution in [2.45, 2.75) is 0 Å². The van der Waals surface area contributed by atoms with E-state index >= 15 is 0 Å². The molecule has 8 aromatic rings. The molecule has 2 heterocycles. The summed E-state index contributed by atoms with van der Waals surface area (Å²) in [4.78, 5) is 9.88. The molecule has 0 fully saturated rings. The third kappa shape index (κ3) is 3.65. The Morgan fingerprint density at radius 2 is 1.10 bits per heavy atom. The fraction of sp³-hybridized carbons (Fsp3) is 0. The summed E-state index contributed by atoms with van der Waals surface area (Å²) in [5.74, 6) is 0. The predicted molar refractivity (Wildman–Crippen MR) is 168 cm³/mol. The van der Waals surface area contributed by atoms with Crippen molar-refractivity contribution >= 4 is 43.2 Å². The van der Waals surface area contributed by atoms with Gasteiger partial charge in [-0.2, -0.15) is 0 Å². The van der Waals surface area contributed by atoms with Crippen LogP contribution in [-0.4, -0.2) is 9.97 Å². The maximum Gasteiger partial charge on any atom is 0.0788 e. The van der Waals surface area contributed by atoms with E-state index < -0.39 is 0 Å². The van der Waals surface area contributed by atoms with Crippen LogP contribution in [0.2, 0.25) is 0 Å². The minimum Gasteiger partial charge on any atom is -0.256 e. The van der Waals surface area contributed by atoms with Gasteiger partial charge in [0.2, 0.25) is 0 Å². The highest BCUT2D eigenvalue weighted by Gasteiger charge is 2.13. The maximum absolute atomic E-state index is 5.16. The average Bonchev–Trinajstić information content (AvgIpc) is 3.04. The van der Waals surface area contributed by atoms with Gasteiger partial charge in [0.25, 0.3) is 0 Å². The van der Waals surface area contributed by atoms with Crippen molar-refractivity contribution in [2.75, 3.05) is 0 Å². The Kier molecular flexibility index (Phi) is 5.17. The van der Waals surface area contributed by atoms with Gasteiger partial charge >= 0.3 is 0 Å². The fourth-order valence-corrected chi connectivity index (χ4v) is 5.97. The van der Waals surface area contributed by atoms with Crippen LogP contribution in [0, 0.1) is 0 Å². The van der Waals surface area contributed by atoms with Crippen molar-refractivity contribution in [1.29, 1.82) is 0 Å². The average molecular weight is 509 g/mol. The first-order valence-corrected chi connectivity index (χ1v) is 13.6. The van der Waals surface area contributed by atoms with E-state index in [1.54, 1.807) is 0 Å². The number of hydrogen-bond acceptors (Lipinski definition) is 2. The normalized spacial score (nSPS) is 11.5. The lowest BCUT2D eigenvalue weighted by Crippen LogP contribution is -1.91. The third-order valence-electron chi connectivity index (χ3n) is 7.91. The van der Waals surface area contributed by atoms with Crippen LogP contribution in [0.4, 0.5) is 0 Å². The molecule has 2 nitrogen and oxygen atoms in total. The summed E-state index contributed by atoms with van der Waals surface area (Å²) in [6, 6.07) is 49.4. The molecule has 0 saturated carbocycles. The van der Waals surface area contributed by atoms with E-state index in [0.717, 1.165) is 39.2 Å².